The van der Waals surface area contributed by atoms with E-state index in [9.17, 15) is 9.59 Å². The molecule has 1 N–H and O–H groups in total. The maximum absolute atomic E-state index is 12.6. The van der Waals surface area contributed by atoms with Crippen molar-refractivity contribution in [3.63, 3.8) is 0 Å². The minimum absolute atomic E-state index is 0.0261. The number of hydrogen-bond donors (Lipinski definition) is 1. The lowest BCUT2D eigenvalue weighted by Gasteiger charge is -2.33. The molecule has 0 bridgehead atoms. The van der Waals surface area contributed by atoms with Crippen LogP contribution in [0.3, 0.4) is 0 Å². The fraction of sp³-hybridized carbons (Fsp3) is 0.867. The van der Waals surface area contributed by atoms with Crippen molar-refractivity contribution in [3.05, 3.63) is 0 Å². The van der Waals surface area contributed by atoms with Gasteiger partial charge in [-0.3, -0.25) is 9.59 Å². The SMILES string of the molecule is O=C(O)C1CCC(C(=O)N2CCC3CCCCC32)C1. The molecule has 106 valence electrons. The molecule has 4 heteroatoms. The van der Waals surface area contributed by atoms with Crippen LogP contribution in [0.25, 0.3) is 0 Å². The molecule has 19 heavy (non-hydrogen) atoms. The Morgan fingerprint density at radius 1 is 0.947 bits per heavy atom. The van der Waals surface area contributed by atoms with E-state index in [4.69, 9.17) is 5.11 Å². The average molecular weight is 265 g/mol. The average Bonchev–Trinajstić information content (AvgIpc) is 3.05. The first-order valence-electron chi connectivity index (χ1n) is 7.70. The van der Waals surface area contributed by atoms with Gasteiger partial charge in [0, 0.05) is 18.5 Å². The van der Waals surface area contributed by atoms with Crippen molar-refractivity contribution in [2.75, 3.05) is 6.54 Å². The summed E-state index contributed by atoms with van der Waals surface area (Å²) >= 11 is 0. The summed E-state index contributed by atoms with van der Waals surface area (Å²) in [6.07, 6.45) is 8.15. The van der Waals surface area contributed by atoms with Gasteiger partial charge in [-0.15, -0.1) is 0 Å². The zero-order valence-electron chi connectivity index (χ0n) is 11.4. The molecule has 0 aromatic rings. The molecule has 1 heterocycles. The van der Waals surface area contributed by atoms with Crippen LogP contribution in [0.1, 0.15) is 51.4 Å². The van der Waals surface area contributed by atoms with Gasteiger partial charge in [-0.05, 0) is 44.4 Å². The zero-order chi connectivity index (χ0) is 13.4. The summed E-state index contributed by atoms with van der Waals surface area (Å²) < 4.78 is 0. The maximum Gasteiger partial charge on any atom is 0.306 e. The number of rotatable bonds is 2. The first kappa shape index (κ1) is 12.9. The molecule has 1 saturated heterocycles. The van der Waals surface area contributed by atoms with Crippen LogP contribution < -0.4 is 0 Å². The van der Waals surface area contributed by atoms with Crippen molar-refractivity contribution in [1.82, 2.24) is 4.90 Å². The second kappa shape index (κ2) is 5.14. The van der Waals surface area contributed by atoms with Crippen molar-refractivity contribution in [3.8, 4) is 0 Å². The Kier molecular flexibility index (Phi) is 3.50. The Hall–Kier alpha value is -1.06. The number of carboxylic acid groups (broad SMARTS) is 1. The summed E-state index contributed by atoms with van der Waals surface area (Å²) in [5, 5.41) is 9.04. The van der Waals surface area contributed by atoms with Gasteiger partial charge >= 0.3 is 5.97 Å². The van der Waals surface area contributed by atoms with Gasteiger partial charge in [-0.25, -0.2) is 0 Å². The van der Waals surface area contributed by atoms with Crippen LogP contribution in [0.4, 0.5) is 0 Å². The van der Waals surface area contributed by atoms with Gasteiger partial charge in [0.2, 0.25) is 5.91 Å². The Morgan fingerprint density at radius 3 is 2.42 bits per heavy atom. The highest BCUT2D eigenvalue weighted by Gasteiger charge is 2.42. The highest BCUT2D eigenvalue weighted by Crippen LogP contribution is 2.39. The van der Waals surface area contributed by atoms with Gasteiger partial charge in [0.15, 0.2) is 0 Å². The highest BCUT2D eigenvalue weighted by molar-refractivity contribution is 5.81. The molecular weight excluding hydrogens is 242 g/mol. The molecule has 0 aromatic carbocycles. The van der Waals surface area contributed by atoms with Crippen LogP contribution >= 0.6 is 0 Å². The normalized spacial score (nSPS) is 38.2. The number of hydrogen-bond acceptors (Lipinski definition) is 2. The van der Waals surface area contributed by atoms with Gasteiger partial charge in [0.05, 0.1) is 5.92 Å². The van der Waals surface area contributed by atoms with Crippen molar-refractivity contribution in [1.29, 1.82) is 0 Å². The smallest absolute Gasteiger partial charge is 0.306 e. The lowest BCUT2D eigenvalue weighted by atomic mass is 9.85. The van der Waals surface area contributed by atoms with Crippen LogP contribution in [0, 0.1) is 17.8 Å². The lowest BCUT2D eigenvalue weighted by Crippen LogP contribution is -2.42. The Bertz CT molecular complexity index is 382. The molecule has 0 aromatic heterocycles. The van der Waals surface area contributed by atoms with E-state index in [-0.39, 0.29) is 17.7 Å². The molecular formula is C15H23NO3. The van der Waals surface area contributed by atoms with Crippen molar-refractivity contribution < 1.29 is 14.7 Å². The molecule has 0 radical (unpaired) electrons. The van der Waals surface area contributed by atoms with Gasteiger partial charge in [-0.2, -0.15) is 0 Å². The molecule has 3 fully saturated rings. The largest absolute Gasteiger partial charge is 0.481 e. The van der Waals surface area contributed by atoms with E-state index in [1.807, 2.05) is 0 Å². The summed E-state index contributed by atoms with van der Waals surface area (Å²) in [5.41, 5.74) is 0. The molecule has 2 saturated carbocycles. The molecule has 4 nitrogen and oxygen atoms in total. The monoisotopic (exact) mass is 265 g/mol. The number of fused-ring (bicyclic) bond motifs is 1. The van der Waals surface area contributed by atoms with Crippen LogP contribution in [-0.2, 0) is 9.59 Å². The Balaban J connectivity index is 1.63. The van der Waals surface area contributed by atoms with Gasteiger partial charge in [0.1, 0.15) is 0 Å². The number of carbonyl (C=O) groups is 2. The van der Waals surface area contributed by atoms with E-state index in [2.05, 4.69) is 4.90 Å². The fourth-order valence-electron chi connectivity index (χ4n) is 4.34. The highest BCUT2D eigenvalue weighted by atomic mass is 16.4. The van der Waals surface area contributed by atoms with Crippen molar-refractivity contribution in [2.45, 2.75) is 57.4 Å². The third-order valence-electron chi connectivity index (χ3n) is 5.42. The second-order valence-electron chi connectivity index (χ2n) is 6.48. The van der Waals surface area contributed by atoms with E-state index in [1.54, 1.807) is 0 Å². The third-order valence-corrected chi connectivity index (χ3v) is 5.42. The topological polar surface area (TPSA) is 57.6 Å². The van der Waals surface area contributed by atoms with E-state index in [1.165, 1.54) is 19.3 Å². The molecule has 4 unspecified atom stereocenters. The second-order valence-corrected chi connectivity index (χ2v) is 6.48. The summed E-state index contributed by atoms with van der Waals surface area (Å²) in [4.78, 5) is 25.7. The predicted molar refractivity (Wildman–Crippen MR) is 70.5 cm³/mol. The zero-order valence-corrected chi connectivity index (χ0v) is 11.4. The summed E-state index contributed by atoms with van der Waals surface area (Å²) in [6.45, 7) is 0.905. The van der Waals surface area contributed by atoms with E-state index in [0.29, 0.717) is 18.9 Å². The molecule has 1 amide bonds. The molecule has 4 atom stereocenters. The van der Waals surface area contributed by atoms with Crippen LogP contribution in [0.2, 0.25) is 0 Å². The van der Waals surface area contributed by atoms with Crippen LogP contribution in [-0.4, -0.2) is 34.5 Å². The van der Waals surface area contributed by atoms with E-state index < -0.39 is 5.97 Å². The molecule has 2 aliphatic carbocycles. The van der Waals surface area contributed by atoms with Gasteiger partial charge in [-0.1, -0.05) is 12.8 Å². The van der Waals surface area contributed by atoms with Crippen LogP contribution in [0.15, 0.2) is 0 Å². The summed E-state index contributed by atoms with van der Waals surface area (Å²) in [6, 6.07) is 0.463. The third kappa shape index (κ3) is 2.37. The fourth-order valence-corrected chi connectivity index (χ4v) is 4.34. The van der Waals surface area contributed by atoms with Crippen LogP contribution in [0.5, 0.6) is 0 Å². The number of amides is 1. The summed E-state index contributed by atoms with van der Waals surface area (Å²) in [5.74, 6) is -0.0831. The quantitative estimate of drug-likeness (QED) is 0.833. The predicted octanol–water partition coefficient (Wildman–Crippen LogP) is 2.28. The molecule has 3 aliphatic rings. The molecule has 3 rings (SSSR count). The number of carbonyl (C=O) groups excluding carboxylic acids is 1. The standard InChI is InChI=1S/C15H23NO3/c17-14(11-5-6-12(9-11)15(18)19)16-8-7-10-3-1-2-4-13(10)16/h10-13H,1-9H2,(H,18,19). The van der Waals surface area contributed by atoms with E-state index >= 15 is 0 Å². The number of nitrogens with zero attached hydrogens (tertiary/aromatic N) is 1. The van der Waals surface area contributed by atoms with Gasteiger partial charge in [0.25, 0.3) is 0 Å². The minimum Gasteiger partial charge on any atom is -0.481 e. The Labute approximate surface area is 114 Å². The lowest BCUT2D eigenvalue weighted by molar-refractivity contribution is -0.141. The first-order chi connectivity index (χ1) is 9.16. The summed E-state index contributed by atoms with van der Waals surface area (Å²) in [7, 11) is 0. The van der Waals surface area contributed by atoms with E-state index in [0.717, 1.165) is 31.7 Å². The number of carboxylic acids is 1. The van der Waals surface area contributed by atoms with Crippen molar-refractivity contribution >= 4 is 11.9 Å². The first-order valence-corrected chi connectivity index (χ1v) is 7.70. The molecule has 0 spiro atoms. The number of aliphatic carboxylic acids is 1. The molecule has 1 aliphatic heterocycles. The minimum atomic E-state index is -0.729. The maximum atomic E-state index is 12.6. The van der Waals surface area contributed by atoms with Gasteiger partial charge < -0.3 is 10.0 Å². The Morgan fingerprint density at radius 2 is 1.68 bits per heavy atom. The number of likely N-dealkylation sites (tertiary alicyclic amines) is 1. The van der Waals surface area contributed by atoms with Crippen molar-refractivity contribution in [2.24, 2.45) is 17.8 Å².